The van der Waals surface area contributed by atoms with Gasteiger partial charge >= 0.3 is 0 Å². The van der Waals surface area contributed by atoms with Crippen LogP contribution in [0.4, 0.5) is 4.39 Å². The summed E-state index contributed by atoms with van der Waals surface area (Å²) in [5.41, 5.74) is 1.26. The Kier molecular flexibility index (Phi) is 4.30. The highest BCUT2D eigenvalue weighted by Crippen LogP contribution is 2.39. The lowest BCUT2D eigenvalue weighted by Crippen LogP contribution is -2.44. The molecule has 27 heavy (non-hydrogen) atoms. The van der Waals surface area contributed by atoms with Crippen molar-refractivity contribution < 1.29 is 9.18 Å². The van der Waals surface area contributed by atoms with Crippen molar-refractivity contribution in [3.05, 3.63) is 81.9 Å². The fraction of sp³-hybridized carbons (Fsp3) is 0.273. The first-order chi connectivity index (χ1) is 13.0. The number of aryl methyl sites for hydroxylation is 1. The van der Waals surface area contributed by atoms with Crippen LogP contribution in [0.3, 0.4) is 0 Å². The summed E-state index contributed by atoms with van der Waals surface area (Å²) >= 11 is 0. The van der Waals surface area contributed by atoms with Gasteiger partial charge in [0.25, 0.3) is 11.5 Å². The summed E-state index contributed by atoms with van der Waals surface area (Å²) in [5.74, 6) is -0.564. The summed E-state index contributed by atoms with van der Waals surface area (Å²) in [6.45, 7) is 0. The summed E-state index contributed by atoms with van der Waals surface area (Å²) in [7, 11) is 1.70. The number of hydrogen-bond donors (Lipinski definition) is 1. The number of benzene rings is 2. The molecule has 4 rings (SSSR count). The van der Waals surface area contributed by atoms with Crippen molar-refractivity contribution in [1.82, 2.24) is 9.88 Å². The Labute approximate surface area is 156 Å². The van der Waals surface area contributed by atoms with Crippen molar-refractivity contribution >= 4 is 16.8 Å². The van der Waals surface area contributed by atoms with Crippen LogP contribution in [0.1, 0.15) is 41.6 Å². The van der Waals surface area contributed by atoms with Gasteiger partial charge in [-0.3, -0.25) is 9.59 Å². The van der Waals surface area contributed by atoms with Gasteiger partial charge in [-0.2, -0.15) is 0 Å². The lowest BCUT2D eigenvalue weighted by atomic mass is 9.87. The zero-order valence-corrected chi connectivity index (χ0v) is 15.2. The first-order valence-corrected chi connectivity index (χ1v) is 9.17. The zero-order valence-electron chi connectivity index (χ0n) is 15.2. The number of aromatic nitrogens is 1. The van der Waals surface area contributed by atoms with Gasteiger partial charge in [-0.1, -0.05) is 43.2 Å². The van der Waals surface area contributed by atoms with Crippen molar-refractivity contribution in [2.45, 2.75) is 31.2 Å². The number of nitrogens with zero attached hydrogens (tertiary/aromatic N) is 1. The minimum Gasteiger partial charge on any atom is -0.343 e. The molecule has 1 heterocycles. The van der Waals surface area contributed by atoms with E-state index in [1.165, 1.54) is 22.8 Å². The van der Waals surface area contributed by atoms with Crippen LogP contribution < -0.4 is 10.9 Å². The highest BCUT2D eigenvalue weighted by molar-refractivity contribution is 6.06. The summed E-state index contributed by atoms with van der Waals surface area (Å²) in [4.78, 5) is 25.5. The van der Waals surface area contributed by atoms with Crippen LogP contribution in [-0.2, 0) is 12.6 Å². The third-order valence-corrected chi connectivity index (χ3v) is 5.61. The van der Waals surface area contributed by atoms with Crippen molar-refractivity contribution in [3.8, 4) is 0 Å². The molecule has 3 aromatic rings. The monoisotopic (exact) mass is 364 g/mol. The first kappa shape index (κ1) is 17.5. The highest BCUT2D eigenvalue weighted by Gasteiger charge is 2.37. The molecule has 0 atom stereocenters. The van der Waals surface area contributed by atoms with Gasteiger partial charge in [-0.05, 0) is 36.6 Å². The molecule has 0 bridgehead atoms. The van der Waals surface area contributed by atoms with Gasteiger partial charge < -0.3 is 9.88 Å². The molecular formula is C22H21FN2O2. The molecule has 0 spiro atoms. The molecule has 1 fully saturated rings. The van der Waals surface area contributed by atoms with E-state index in [-0.39, 0.29) is 17.3 Å². The lowest BCUT2D eigenvalue weighted by Gasteiger charge is -2.31. The number of fused-ring (bicyclic) bond motifs is 1. The highest BCUT2D eigenvalue weighted by atomic mass is 19.1. The predicted octanol–water partition coefficient (Wildman–Crippen LogP) is 3.88. The van der Waals surface area contributed by atoms with Crippen LogP contribution in [0.15, 0.2) is 59.4 Å². The average molecular weight is 364 g/mol. The van der Waals surface area contributed by atoms with Crippen molar-refractivity contribution in [1.29, 1.82) is 0 Å². The maximum Gasteiger partial charge on any atom is 0.252 e. The number of rotatable bonds is 3. The maximum atomic E-state index is 13.4. The Morgan fingerprint density at radius 3 is 2.44 bits per heavy atom. The second kappa shape index (κ2) is 6.65. The van der Waals surface area contributed by atoms with Crippen molar-refractivity contribution in [2.24, 2.45) is 7.05 Å². The first-order valence-electron chi connectivity index (χ1n) is 9.17. The maximum absolute atomic E-state index is 13.4. The van der Waals surface area contributed by atoms with Crippen LogP contribution in [-0.4, -0.2) is 10.5 Å². The Bertz CT molecular complexity index is 1060. The summed E-state index contributed by atoms with van der Waals surface area (Å²) in [6, 6.07) is 15.1. The zero-order chi connectivity index (χ0) is 19.0. The van der Waals surface area contributed by atoms with Crippen LogP contribution in [0.25, 0.3) is 10.9 Å². The molecule has 0 unspecified atom stereocenters. The number of hydrogen-bond acceptors (Lipinski definition) is 2. The molecule has 1 N–H and O–H groups in total. The fourth-order valence-corrected chi connectivity index (χ4v) is 4.12. The van der Waals surface area contributed by atoms with E-state index in [4.69, 9.17) is 0 Å². The third-order valence-electron chi connectivity index (χ3n) is 5.61. The molecule has 1 amide bonds. The van der Waals surface area contributed by atoms with E-state index < -0.39 is 5.54 Å². The number of para-hydroxylation sites is 1. The second-order valence-corrected chi connectivity index (χ2v) is 7.22. The van der Waals surface area contributed by atoms with Gasteiger partial charge in [0.1, 0.15) is 5.82 Å². The van der Waals surface area contributed by atoms with Crippen LogP contribution >= 0.6 is 0 Å². The third kappa shape index (κ3) is 3.03. The molecular weight excluding hydrogens is 343 g/mol. The molecule has 1 saturated carbocycles. The average Bonchev–Trinajstić information content (AvgIpc) is 3.14. The molecule has 0 radical (unpaired) electrons. The van der Waals surface area contributed by atoms with E-state index in [1.807, 2.05) is 24.3 Å². The summed E-state index contributed by atoms with van der Waals surface area (Å²) in [5, 5.41) is 3.91. The van der Waals surface area contributed by atoms with E-state index in [0.29, 0.717) is 5.56 Å². The number of carbonyl (C=O) groups is 1. The fourth-order valence-electron chi connectivity index (χ4n) is 4.12. The van der Waals surface area contributed by atoms with Gasteiger partial charge in [-0.15, -0.1) is 0 Å². The normalized spacial score (nSPS) is 15.8. The minimum absolute atomic E-state index is 0.221. The van der Waals surface area contributed by atoms with E-state index in [2.05, 4.69) is 5.32 Å². The molecule has 1 aliphatic rings. The number of carbonyl (C=O) groups excluding carboxylic acids is 1. The van der Waals surface area contributed by atoms with Crippen LogP contribution in [0, 0.1) is 5.82 Å². The van der Waals surface area contributed by atoms with Crippen LogP contribution in [0.5, 0.6) is 0 Å². The van der Waals surface area contributed by atoms with E-state index >= 15 is 0 Å². The van der Waals surface area contributed by atoms with Gasteiger partial charge in [-0.25, -0.2) is 4.39 Å². The predicted molar refractivity (Wildman–Crippen MR) is 103 cm³/mol. The molecule has 4 nitrogen and oxygen atoms in total. The van der Waals surface area contributed by atoms with Crippen molar-refractivity contribution in [2.75, 3.05) is 0 Å². The Morgan fingerprint density at radius 1 is 1.07 bits per heavy atom. The minimum atomic E-state index is -0.521. The summed E-state index contributed by atoms with van der Waals surface area (Å²) < 4.78 is 14.9. The van der Waals surface area contributed by atoms with Gasteiger partial charge in [0.15, 0.2) is 0 Å². The van der Waals surface area contributed by atoms with E-state index in [1.54, 1.807) is 19.2 Å². The molecule has 1 aromatic heterocycles. The summed E-state index contributed by atoms with van der Waals surface area (Å²) in [6.07, 6.45) is 3.59. The topological polar surface area (TPSA) is 51.1 Å². The number of amides is 1. The van der Waals surface area contributed by atoms with Gasteiger partial charge in [0.2, 0.25) is 0 Å². The molecule has 1 aliphatic carbocycles. The van der Waals surface area contributed by atoms with E-state index in [0.717, 1.165) is 42.1 Å². The number of pyridine rings is 1. The van der Waals surface area contributed by atoms with E-state index in [9.17, 15) is 14.0 Å². The number of halogens is 1. The van der Waals surface area contributed by atoms with Crippen molar-refractivity contribution in [3.63, 3.8) is 0 Å². The quantitative estimate of drug-likeness (QED) is 0.767. The number of nitrogens with one attached hydrogen (secondary N) is 1. The molecule has 5 heteroatoms. The SMILES string of the molecule is Cn1c(=O)cc(C(=O)NC2(c3ccc(F)cc3)CCCC2)c2ccccc21. The Hall–Kier alpha value is -2.95. The van der Waals surface area contributed by atoms with Gasteiger partial charge in [0, 0.05) is 18.5 Å². The smallest absolute Gasteiger partial charge is 0.252 e. The Balaban J connectivity index is 1.77. The largest absolute Gasteiger partial charge is 0.343 e. The second-order valence-electron chi connectivity index (χ2n) is 7.22. The Morgan fingerprint density at radius 2 is 1.74 bits per heavy atom. The van der Waals surface area contributed by atoms with Gasteiger partial charge in [0.05, 0.1) is 16.6 Å². The molecule has 2 aromatic carbocycles. The molecule has 0 saturated heterocycles. The standard InChI is InChI=1S/C22H21FN2O2/c1-25-19-7-3-2-6-17(19)18(14-20(25)26)21(27)24-22(12-4-5-13-22)15-8-10-16(23)11-9-15/h2-3,6-11,14H,4-5,12-13H2,1H3,(H,24,27). The van der Waals surface area contributed by atoms with Crippen LogP contribution in [0.2, 0.25) is 0 Å². The lowest BCUT2D eigenvalue weighted by molar-refractivity contribution is 0.0899. The molecule has 0 aliphatic heterocycles. The molecule has 138 valence electrons.